The Hall–Kier alpha value is -2.70. The first-order valence-corrected chi connectivity index (χ1v) is 16.4. The predicted octanol–water partition coefficient (Wildman–Crippen LogP) is 7.81. The van der Waals surface area contributed by atoms with Crippen molar-refractivity contribution >= 4 is 11.6 Å². The molecule has 0 aliphatic rings. The Morgan fingerprint density at radius 1 is 0.571 bits per heavy atom. The van der Waals surface area contributed by atoms with E-state index in [2.05, 4.69) is 51.3 Å². The molecule has 2 aromatic carbocycles. The van der Waals surface area contributed by atoms with Gasteiger partial charge in [-0.2, -0.15) is 0 Å². The van der Waals surface area contributed by atoms with Gasteiger partial charge in [0.15, 0.2) is 11.6 Å². The van der Waals surface area contributed by atoms with Crippen LogP contribution in [-0.4, -0.2) is 73.8 Å². The highest BCUT2D eigenvalue weighted by Crippen LogP contribution is 2.24. The van der Waals surface area contributed by atoms with E-state index >= 15 is 0 Å². The molecular formula is C36H56N2O4. The van der Waals surface area contributed by atoms with Gasteiger partial charge in [-0.1, -0.05) is 54.4 Å². The van der Waals surface area contributed by atoms with Crippen LogP contribution in [-0.2, 0) is 0 Å². The van der Waals surface area contributed by atoms with Gasteiger partial charge in [-0.3, -0.25) is 9.59 Å². The molecule has 0 saturated heterocycles. The third kappa shape index (κ3) is 11.9. The number of Topliss-reactive ketones (excluding diaryl/α,β-unsaturated/α-hetero) is 2. The van der Waals surface area contributed by atoms with Gasteiger partial charge >= 0.3 is 0 Å². The quantitative estimate of drug-likeness (QED) is 0.0987. The second kappa shape index (κ2) is 20.2. The van der Waals surface area contributed by atoms with Crippen molar-refractivity contribution in [1.82, 2.24) is 9.80 Å². The van der Waals surface area contributed by atoms with E-state index in [-0.39, 0.29) is 23.4 Å². The molecule has 0 aliphatic heterocycles. The first kappa shape index (κ1) is 35.5. The molecule has 0 amide bonds. The molecule has 0 radical (unpaired) electrons. The fraction of sp³-hybridized carbons (Fsp3) is 0.611. The number of hydrogen-bond acceptors (Lipinski definition) is 6. The zero-order valence-corrected chi connectivity index (χ0v) is 27.2. The van der Waals surface area contributed by atoms with Crippen LogP contribution in [0.5, 0.6) is 11.5 Å². The van der Waals surface area contributed by atoms with Crippen LogP contribution in [0.25, 0.3) is 0 Å². The highest BCUT2D eigenvalue weighted by atomic mass is 16.5. The maximum Gasteiger partial charge on any atom is 0.167 e. The van der Waals surface area contributed by atoms with Crippen molar-refractivity contribution in [1.29, 1.82) is 0 Å². The second-order valence-electron chi connectivity index (χ2n) is 11.1. The van der Waals surface area contributed by atoms with Crippen LogP contribution < -0.4 is 9.47 Å². The van der Waals surface area contributed by atoms with Crippen LogP contribution in [0.3, 0.4) is 0 Å². The normalized spacial score (nSPS) is 12.9. The Morgan fingerprint density at radius 2 is 0.905 bits per heavy atom. The van der Waals surface area contributed by atoms with Gasteiger partial charge in [0, 0.05) is 36.1 Å². The number of nitrogens with zero attached hydrogens (tertiary/aromatic N) is 2. The molecule has 2 atom stereocenters. The summed E-state index contributed by atoms with van der Waals surface area (Å²) in [5.74, 6) is 1.87. The number of ketones is 2. The van der Waals surface area contributed by atoms with Crippen molar-refractivity contribution in [3.8, 4) is 11.5 Å². The molecule has 0 N–H and O–H groups in total. The Balaban J connectivity index is 2.09. The summed E-state index contributed by atoms with van der Waals surface area (Å²) in [4.78, 5) is 31.9. The second-order valence-corrected chi connectivity index (χ2v) is 11.1. The molecule has 2 rings (SSSR count). The van der Waals surface area contributed by atoms with Crippen molar-refractivity contribution < 1.29 is 19.1 Å². The van der Waals surface area contributed by atoms with E-state index < -0.39 is 0 Å². The fourth-order valence-electron chi connectivity index (χ4n) is 5.32. The van der Waals surface area contributed by atoms with Gasteiger partial charge in [-0.25, -0.2) is 0 Å². The largest absolute Gasteiger partial charge is 0.494 e. The Kier molecular flexibility index (Phi) is 17.1. The van der Waals surface area contributed by atoms with E-state index in [9.17, 15) is 9.59 Å². The maximum absolute atomic E-state index is 13.6. The van der Waals surface area contributed by atoms with E-state index in [4.69, 9.17) is 9.47 Å². The predicted molar refractivity (Wildman–Crippen MR) is 174 cm³/mol. The highest BCUT2D eigenvalue weighted by molar-refractivity contribution is 5.98. The summed E-state index contributed by atoms with van der Waals surface area (Å²) in [6, 6.07) is 15.2. The lowest BCUT2D eigenvalue weighted by Gasteiger charge is -2.26. The molecule has 42 heavy (non-hydrogen) atoms. The van der Waals surface area contributed by atoms with Crippen molar-refractivity contribution in [2.24, 2.45) is 11.8 Å². The van der Waals surface area contributed by atoms with Gasteiger partial charge in [-0.05, 0) is 100 Å². The molecule has 0 heterocycles. The zero-order chi connectivity index (χ0) is 30.7. The molecule has 0 spiro atoms. The van der Waals surface area contributed by atoms with E-state index in [1.807, 2.05) is 48.5 Å². The van der Waals surface area contributed by atoms with Gasteiger partial charge in [-0.15, -0.1) is 0 Å². The van der Waals surface area contributed by atoms with E-state index in [1.165, 1.54) is 0 Å². The fourth-order valence-corrected chi connectivity index (χ4v) is 5.32. The van der Waals surface area contributed by atoms with E-state index in [0.717, 1.165) is 100 Å². The highest BCUT2D eigenvalue weighted by Gasteiger charge is 2.25. The lowest BCUT2D eigenvalue weighted by Crippen LogP contribution is -2.34. The molecule has 6 nitrogen and oxygen atoms in total. The van der Waals surface area contributed by atoms with Gasteiger partial charge in [0.05, 0.1) is 13.2 Å². The molecule has 234 valence electrons. The molecule has 6 heteroatoms. The van der Waals surface area contributed by atoms with Crippen molar-refractivity contribution in [2.45, 2.75) is 80.1 Å². The molecular weight excluding hydrogens is 524 g/mol. The number of hydrogen-bond donors (Lipinski definition) is 0. The molecule has 0 unspecified atom stereocenters. The van der Waals surface area contributed by atoms with E-state index in [0.29, 0.717) is 13.2 Å². The third-order valence-electron chi connectivity index (χ3n) is 8.07. The first-order chi connectivity index (χ1) is 20.4. The first-order valence-electron chi connectivity index (χ1n) is 16.4. The van der Waals surface area contributed by atoms with Crippen molar-refractivity contribution in [2.75, 3.05) is 52.5 Å². The summed E-state index contributed by atoms with van der Waals surface area (Å²) >= 11 is 0. The monoisotopic (exact) mass is 580 g/mol. The molecule has 0 saturated carbocycles. The van der Waals surface area contributed by atoms with Crippen LogP contribution in [0.2, 0.25) is 0 Å². The summed E-state index contributed by atoms with van der Waals surface area (Å²) in [7, 11) is 0. The topological polar surface area (TPSA) is 59.1 Å². The number of rotatable bonds is 23. The SMILES string of the molecule is CCCOc1ccc(C(=O)[C@@H](CCCC[C@@H](CN(CC)CC)C(=O)c2ccc(OCCC)cc2)CN(CC)CC)cc1. The van der Waals surface area contributed by atoms with Gasteiger partial charge in [0.1, 0.15) is 11.5 Å². The summed E-state index contributed by atoms with van der Waals surface area (Å²) in [6.45, 7) is 19.3. The molecule has 2 aromatic rings. The Bertz CT molecular complexity index is 930. The number of benzene rings is 2. The summed E-state index contributed by atoms with van der Waals surface area (Å²) in [5, 5.41) is 0. The number of carbonyl (C=O) groups is 2. The zero-order valence-electron chi connectivity index (χ0n) is 27.2. The third-order valence-corrected chi connectivity index (χ3v) is 8.07. The molecule has 0 aromatic heterocycles. The van der Waals surface area contributed by atoms with E-state index in [1.54, 1.807) is 0 Å². The van der Waals surface area contributed by atoms with Crippen LogP contribution in [0.15, 0.2) is 48.5 Å². The minimum Gasteiger partial charge on any atom is -0.494 e. The summed E-state index contributed by atoms with van der Waals surface area (Å²) in [5.41, 5.74) is 1.49. The van der Waals surface area contributed by atoms with Crippen molar-refractivity contribution in [3.05, 3.63) is 59.7 Å². The van der Waals surface area contributed by atoms with Crippen molar-refractivity contribution in [3.63, 3.8) is 0 Å². The Labute approximate surface area is 255 Å². The average molecular weight is 581 g/mol. The number of carbonyl (C=O) groups excluding carboxylic acids is 2. The molecule has 0 fully saturated rings. The van der Waals surface area contributed by atoms with Gasteiger partial charge < -0.3 is 19.3 Å². The number of unbranched alkanes of at least 4 members (excludes halogenated alkanes) is 1. The van der Waals surface area contributed by atoms with Crippen LogP contribution in [0, 0.1) is 11.8 Å². The lowest BCUT2D eigenvalue weighted by atomic mass is 9.88. The standard InChI is InChI=1S/C36H56N2O4/c1-7-25-41-33-21-17-29(18-22-33)35(39)31(27-37(9-3)10-4)15-13-14-16-32(28-38(11-5)12-6)36(40)30-19-23-34(24-20-30)42-26-8-2/h17-24,31-32H,7-16,25-28H2,1-6H3/t31-,32-/m0/s1. The molecule has 0 aliphatic carbocycles. The van der Waals surface area contributed by atoms with Crippen LogP contribution in [0.1, 0.15) is 101 Å². The smallest absolute Gasteiger partial charge is 0.167 e. The number of ether oxygens (including phenoxy) is 2. The summed E-state index contributed by atoms with van der Waals surface area (Å²) < 4.78 is 11.4. The average Bonchev–Trinajstić information content (AvgIpc) is 3.03. The summed E-state index contributed by atoms with van der Waals surface area (Å²) in [6.07, 6.45) is 5.38. The van der Waals surface area contributed by atoms with Gasteiger partial charge in [0.25, 0.3) is 0 Å². The van der Waals surface area contributed by atoms with Crippen LogP contribution in [0.4, 0.5) is 0 Å². The minimum atomic E-state index is -0.0695. The lowest BCUT2D eigenvalue weighted by molar-refractivity contribution is 0.0852. The van der Waals surface area contributed by atoms with Crippen LogP contribution >= 0.6 is 0 Å². The maximum atomic E-state index is 13.6. The minimum absolute atomic E-state index is 0.0695. The molecule has 0 bridgehead atoms. The Morgan fingerprint density at radius 3 is 1.19 bits per heavy atom. The van der Waals surface area contributed by atoms with Gasteiger partial charge in [0.2, 0.25) is 0 Å².